The molecule has 1 aromatic carbocycles. The fourth-order valence-electron chi connectivity index (χ4n) is 1.58. The molecule has 4 nitrogen and oxygen atoms in total. The zero-order chi connectivity index (χ0) is 16.8. The number of aliphatic hydroxyl groups excluding tert-OH is 1. The third-order valence-electron chi connectivity index (χ3n) is 4.16. The van der Waals surface area contributed by atoms with Crippen molar-refractivity contribution < 1.29 is 19.1 Å². The van der Waals surface area contributed by atoms with Gasteiger partial charge in [-0.05, 0) is 23.7 Å². The number of rotatable bonds is 7. The third-order valence-corrected chi connectivity index (χ3v) is 8.69. The molecule has 0 aliphatic carbocycles. The molecule has 0 aliphatic rings. The molecule has 124 valence electrons. The molecule has 0 fully saturated rings. The first-order valence-electron chi connectivity index (χ1n) is 7.66. The van der Waals surface area contributed by atoms with Crippen LogP contribution in [0, 0.1) is 0 Å². The Morgan fingerprint density at radius 1 is 1.23 bits per heavy atom. The summed E-state index contributed by atoms with van der Waals surface area (Å²) in [5.41, 5.74) is 0.903. The van der Waals surface area contributed by atoms with Crippen LogP contribution in [0.4, 0.5) is 0 Å². The monoisotopic (exact) mass is 324 g/mol. The van der Waals surface area contributed by atoms with Crippen LogP contribution in [0.25, 0.3) is 0 Å². The Morgan fingerprint density at radius 2 is 1.82 bits per heavy atom. The van der Waals surface area contributed by atoms with Crippen molar-refractivity contribution in [1.29, 1.82) is 0 Å². The average Bonchev–Trinajstić information content (AvgIpc) is 2.44. The minimum absolute atomic E-state index is 0.117. The molecule has 22 heavy (non-hydrogen) atoms. The van der Waals surface area contributed by atoms with Gasteiger partial charge in [-0.15, -0.1) is 0 Å². The largest absolute Gasteiger partial charge is 0.459 e. The highest BCUT2D eigenvalue weighted by Gasteiger charge is 2.37. The summed E-state index contributed by atoms with van der Waals surface area (Å²) in [5, 5.41) is 9.97. The van der Waals surface area contributed by atoms with Gasteiger partial charge in [0.05, 0.1) is 0 Å². The number of aliphatic hydroxyl groups is 1. The maximum absolute atomic E-state index is 11.8. The smallest absolute Gasteiger partial charge is 0.335 e. The predicted molar refractivity (Wildman–Crippen MR) is 90.0 cm³/mol. The van der Waals surface area contributed by atoms with Crippen LogP contribution < -0.4 is 0 Å². The second-order valence-corrected chi connectivity index (χ2v) is 11.8. The van der Waals surface area contributed by atoms with Gasteiger partial charge in [-0.25, -0.2) is 4.79 Å². The minimum Gasteiger partial charge on any atom is -0.459 e. The topological polar surface area (TPSA) is 55.8 Å². The van der Waals surface area contributed by atoms with Crippen LogP contribution in [-0.2, 0) is 20.6 Å². The maximum Gasteiger partial charge on any atom is 0.335 e. The van der Waals surface area contributed by atoms with E-state index in [0.29, 0.717) is 6.61 Å². The molecule has 1 N–H and O–H groups in total. The first-order chi connectivity index (χ1) is 10.1. The lowest BCUT2D eigenvalue weighted by molar-refractivity contribution is -0.155. The van der Waals surface area contributed by atoms with E-state index in [-0.39, 0.29) is 18.1 Å². The highest BCUT2D eigenvalue weighted by Crippen LogP contribution is 2.36. The SMILES string of the molecule is CC(C)(C)[Si](C)(C)OCCC(O)C(=O)OCc1ccccc1. The van der Waals surface area contributed by atoms with Crippen LogP contribution in [0.1, 0.15) is 32.8 Å². The van der Waals surface area contributed by atoms with Gasteiger partial charge in [-0.2, -0.15) is 0 Å². The van der Waals surface area contributed by atoms with Crippen LogP contribution in [0.15, 0.2) is 30.3 Å². The average molecular weight is 324 g/mol. The van der Waals surface area contributed by atoms with E-state index in [1.54, 1.807) is 0 Å². The molecule has 0 spiro atoms. The molecule has 1 unspecified atom stereocenters. The molecular weight excluding hydrogens is 296 g/mol. The Balaban J connectivity index is 2.33. The van der Waals surface area contributed by atoms with E-state index in [0.717, 1.165) is 5.56 Å². The Kier molecular flexibility index (Phi) is 6.78. The van der Waals surface area contributed by atoms with E-state index in [2.05, 4.69) is 33.9 Å². The van der Waals surface area contributed by atoms with Gasteiger partial charge in [0.2, 0.25) is 0 Å². The number of ether oxygens (including phenoxy) is 1. The molecule has 0 aromatic heterocycles. The van der Waals surface area contributed by atoms with E-state index in [1.807, 2.05) is 30.3 Å². The van der Waals surface area contributed by atoms with Crippen molar-refractivity contribution in [2.75, 3.05) is 6.61 Å². The van der Waals surface area contributed by atoms with E-state index < -0.39 is 20.4 Å². The summed E-state index contributed by atoms with van der Waals surface area (Å²) < 4.78 is 11.1. The van der Waals surface area contributed by atoms with E-state index in [9.17, 15) is 9.90 Å². The van der Waals surface area contributed by atoms with Gasteiger partial charge in [-0.1, -0.05) is 51.1 Å². The molecular formula is C17H28O4Si. The predicted octanol–water partition coefficient (Wildman–Crippen LogP) is 3.50. The number of carbonyl (C=O) groups excluding carboxylic acids is 1. The molecule has 1 rings (SSSR count). The van der Waals surface area contributed by atoms with Crippen LogP contribution in [-0.4, -0.2) is 32.1 Å². The van der Waals surface area contributed by atoms with Gasteiger partial charge in [0, 0.05) is 13.0 Å². The summed E-state index contributed by atoms with van der Waals surface area (Å²) in [6, 6.07) is 9.41. The highest BCUT2D eigenvalue weighted by atomic mass is 28.4. The zero-order valence-electron chi connectivity index (χ0n) is 14.3. The standard InChI is InChI=1S/C17H28O4Si/c1-17(2,3)22(4,5)21-12-11-15(18)16(19)20-13-14-9-7-6-8-10-14/h6-10,15,18H,11-13H2,1-5H3. The number of hydrogen-bond acceptors (Lipinski definition) is 4. The summed E-state index contributed by atoms with van der Waals surface area (Å²) in [4.78, 5) is 11.8. The fourth-order valence-corrected chi connectivity index (χ4v) is 2.65. The molecule has 0 bridgehead atoms. The zero-order valence-corrected chi connectivity index (χ0v) is 15.3. The van der Waals surface area contributed by atoms with Gasteiger partial charge in [-0.3, -0.25) is 0 Å². The first kappa shape index (κ1) is 18.9. The Morgan fingerprint density at radius 3 is 2.36 bits per heavy atom. The van der Waals surface area contributed by atoms with Gasteiger partial charge >= 0.3 is 5.97 Å². The molecule has 0 saturated heterocycles. The lowest BCUT2D eigenvalue weighted by atomic mass is 10.2. The second kappa shape index (κ2) is 7.90. The lowest BCUT2D eigenvalue weighted by Crippen LogP contribution is -2.41. The Labute approximate surface area is 134 Å². The number of carbonyl (C=O) groups is 1. The van der Waals surface area contributed by atoms with Crippen molar-refractivity contribution in [1.82, 2.24) is 0 Å². The molecule has 1 atom stereocenters. The van der Waals surface area contributed by atoms with Crippen molar-refractivity contribution >= 4 is 14.3 Å². The van der Waals surface area contributed by atoms with Crippen molar-refractivity contribution in [2.24, 2.45) is 0 Å². The highest BCUT2D eigenvalue weighted by molar-refractivity contribution is 6.74. The second-order valence-electron chi connectivity index (χ2n) is 7.01. The normalized spacial score (nSPS) is 13.7. The minimum atomic E-state index is -1.84. The number of benzene rings is 1. The van der Waals surface area contributed by atoms with Crippen molar-refractivity contribution in [3.05, 3.63) is 35.9 Å². The summed E-state index contributed by atoms with van der Waals surface area (Å²) >= 11 is 0. The third kappa shape index (κ3) is 5.91. The summed E-state index contributed by atoms with van der Waals surface area (Å²) in [6.07, 6.45) is -0.867. The first-order valence-corrected chi connectivity index (χ1v) is 10.6. The molecule has 0 heterocycles. The number of esters is 1. The lowest BCUT2D eigenvalue weighted by Gasteiger charge is -2.36. The van der Waals surface area contributed by atoms with Gasteiger partial charge in [0.25, 0.3) is 0 Å². The molecule has 0 aliphatic heterocycles. The van der Waals surface area contributed by atoms with Crippen LogP contribution >= 0.6 is 0 Å². The Bertz CT molecular complexity index is 465. The van der Waals surface area contributed by atoms with Crippen LogP contribution in [0.3, 0.4) is 0 Å². The van der Waals surface area contributed by atoms with Gasteiger partial charge < -0.3 is 14.3 Å². The molecule has 0 saturated carbocycles. The molecule has 0 radical (unpaired) electrons. The molecule has 1 aromatic rings. The fraction of sp³-hybridized carbons (Fsp3) is 0.588. The van der Waals surface area contributed by atoms with Crippen molar-refractivity contribution in [3.63, 3.8) is 0 Å². The molecule has 5 heteroatoms. The van der Waals surface area contributed by atoms with Crippen LogP contribution in [0.2, 0.25) is 18.1 Å². The van der Waals surface area contributed by atoms with Gasteiger partial charge in [0.15, 0.2) is 14.4 Å². The molecule has 0 amide bonds. The Hall–Kier alpha value is -1.17. The van der Waals surface area contributed by atoms with E-state index >= 15 is 0 Å². The number of hydrogen-bond donors (Lipinski definition) is 1. The summed E-state index contributed by atoms with van der Waals surface area (Å²) in [6.45, 7) is 11.3. The van der Waals surface area contributed by atoms with E-state index in [4.69, 9.17) is 9.16 Å². The quantitative estimate of drug-likeness (QED) is 0.616. The van der Waals surface area contributed by atoms with Gasteiger partial charge in [0.1, 0.15) is 6.61 Å². The summed E-state index contributed by atoms with van der Waals surface area (Å²) in [5.74, 6) is -0.595. The van der Waals surface area contributed by atoms with Crippen molar-refractivity contribution in [3.8, 4) is 0 Å². The maximum atomic E-state index is 11.8. The van der Waals surface area contributed by atoms with Crippen LogP contribution in [0.5, 0.6) is 0 Å². The summed E-state index contributed by atoms with van der Waals surface area (Å²) in [7, 11) is -1.84. The van der Waals surface area contributed by atoms with E-state index in [1.165, 1.54) is 0 Å². The van der Waals surface area contributed by atoms with Crippen molar-refractivity contribution in [2.45, 2.75) is 58.0 Å².